The molecule has 9 heteroatoms. The number of anilines is 1. The van der Waals surface area contributed by atoms with Gasteiger partial charge in [0.2, 0.25) is 5.95 Å². The zero-order chi connectivity index (χ0) is 14.9. The average Bonchev–Trinajstić information content (AvgIpc) is 2.25. The molecule has 2 rings (SSSR count). The fourth-order valence-electron chi connectivity index (χ4n) is 1.44. The Hall–Kier alpha value is -1.80. The van der Waals surface area contributed by atoms with Gasteiger partial charge in [-0.1, -0.05) is 11.6 Å². The van der Waals surface area contributed by atoms with E-state index in [4.69, 9.17) is 11.6 Å². The summed E-state index contributed by atoms with van der Waals surface area (Å²) in [4.78, 5) is 6.76. The molecule has 1 N–H and O–H groups in total. The van der Waals surface area contributed by atoms with Gasteiger partial charge in [-0.2, -0.15) is 0 Å². The van der Waals surface area contributed by atoms with E-state index >= 15 is 0 Å². The summed E-state index contributed by atoms with van der Waals surface area (Å²) in [7, 11) is -4.27. The Bertz CT molecular complexity index is 748. The second-order valence-electron chi connectivity index (χ2n) is 3.84. The highest BCUT2D eigenvalue weighted by atomic mass is 35.5. The molecular weight excluding hydrogens is 312 g/mol. The molecule has 0 atom stereocenters. The molecule has 0 saturated carbocycles. The smallest absolute Gasteiger partial charge is 0.247 e. The molecule has 2 aromatic rings. The number of sulfonamides is 1. The Morgan fingerprint density at radius 2 is 1.90 bits per heavy atom. The molecule has 0 unspecified atom stereocenters. The molecule has 1 aromatic carbocycles. The van der Waals surface area contributed by atoms with Crippen LogP contribution in [-0.4, -0.2) is 18.4 Å². The molecule has 0 spiro atoms. The maximum absolute atomic E-state index is 13.5. The highest BCUT2D eigenvalue weighted by Crippen LogP contribution is 2.19. The monoisotopic (exact) mass is 319 g/mol. The zero-order valence-corrected chi connectivity index (χ0v) is 11.6. The van der Waals surface area contributed by atoms with Gasteiger partial charge in [0.15, 0.2) is 0 Å². The highest BCUT2D eigenvalue weighted by molar-refractivity contribution is 7.92. The van der Waals surface area contributed by atoms with Crippen molar-refractivity contribution in [2.75, 3.05) is 4.72 Å². The van der Waals surface area contributed by atoms with E-state index in [-0.39, 0.29) is 11.1 Å². The van der Waals surface area contributed by atoms with E-state index in [9.17, 15) is 17.2 Å². The van der Waals surface area contributed by atoms with Crippen LogP contribution in [0.25, 0.3) is 0 Å². The first kappa shape index (κ1) is 14.6. The van der Waals surface area contributed by atoms with Crippen molar-refractivity contribution in [1.29, 1.82) is 0 Å². The number of aryl methyl sites for hydroxylation is 1. The number of hydrogen-bond acceptors (Lipinski definition) is 4. The minimum Gasteiger partial charge on any atom is -0.247 e. The van der Waals surface area contributed by atoms with E-state index in [2.05, 4.69) is 9.97 Å². The number of halogens is 3. The van der Waals surface area contributed by atoms with Crippen LogP contribution in [0.2, 0.25) is 5.15 Å². The molecule has 0 aliphatic carbocycles. The largest absolute Gasteiger partial charge is 0.267 e. The maximum atomic E-state index is 13.5. The summed E-state index contributed by atoms with van der Waals surface area (Å²) in [6, 6.07) is 3.54. The Labute approximate surface area is 118 Å². The van der Waals surface area contributed by atoms with E-state index in [0.29, 0.717) is 11.8 Å². The minimum atomic E-state index is -4.27. The molecule has 1 heterocycles. The Kier molecular flexibility index (Phi) is 3.87. The quantitative estimate of drug-likeness (QED) is 0.882. The third-order valence-corrected chi connectivity index (χ3v) is 3.79. The van der Waals surface area contributed by atoms with Crippen LogP contribution >= 0.6 is 11.6 Å². The Morgan fingerprint density at radius 3 is 2.50 bits per heavy atom. The van der Waals surface area contributed by atoms with Crippen LogP contribution in [0.3, 0.4) is 0 Å². The van der Waals surface area contributed by atoms with Crippen LogP contribution in [0.5, 0.6) is 0 Å². The van der Waals surface area contributed by atoms with Gasteiger partial charge in [-0.3, -0.25) is 0 Å². The van der Waals surface area contributed by atoms with Crippen LogP contribution in [0, 0.1) is 18.6 Å². The molecule has 5 nitrogen and oxygen atoms in total. The first-order chi connectivity index (χ1) is 9.28. The highest BCUT2D eigenvalue weighted by Gasteiger charge is 2.21. The maximum Gasteiger partial charge on any atom is 0.267 e. The predicted molar refractivity (Wildman–Crippen MR) is 68.9 cm³/mol. The third kappa shape index (κ3) is 3.20. The van der Waals surface area contributed by atoms with E-state index in [1.165, 1.54) is 6.07 Å². The van der Waals surface area contributed by atoms with Gasteiger partial charge >= 0.3 is 0 Å². The summed E-state index contributed by atoms with van der Waals surface area (Å²) in [5.74, 6) is -2.38. The zero-order valence-electron chi connectivity index (χ0n) is 10.1. The van der Waals surface area contributed by atoms with Gasteiger partial charge in [-0.25, -0.2) is 31.9 Å². The van der Waals surface area contributed by atoms with E-state index < -0.39 is 26.6 Å². The number of aromatic nitrogens is 2. The minimum absolute atomic E-state index is 0.0368. The molecule has 0 radical (unpaired) electrons. The third-order valence-electron chi connectivity index (χ3n) is 2.23. The number of benzene rings is 1. The fourth-order valence-corrected chi connectivity index (χ4v) is 2.69. The number of nitrogens with zero attached hydrogens (tertiary/aromatic N) is 2. The molecule has 0 amide bonds. The van der Waals surface area contributed by atoms with Crippen LogP contribution in [-0.2, 0) is 10.0 Å². The van der Waals surface area contributed by atoms with Crippen molar-refractivity contribution in [3.05, 3.63) is 46.7 Å². The van der Waals surface area contributed by atoms with E-state index in [0.717, 1.165) is 12.1 Å². The molecule has 1 aromatic heterocycles. The molecule has 0 aliphatic heterocycles. The van der Waals surface area contributed by atoms with Gasteiger partial charge in [0.05, 0.1) is 0 Å². The van der Waals surface area contributed by atoms with Crippen molar-refractivity contribution < 1.29 is 17.2 Å². The van der Waals surface area contributed by atoms with Gasteiger partial charge in [0.25, 0.3) is 10.0 Å². The van der Waals surface area contributed by atoms with E-state index in [1.54, 1.807) is 6.92 Å². The number of rotatable bonds is 3. The summed E-state index contributed by atoms with van der Waals surface area (Å²) in [5, 5.41) is 0.0368. The molecule has 0 saturated heterocycles. The topological polar surface area (TPSA) is 72.0 Å². The first-order valence-corrected chi connectivity index (χ1v) is 7.13. The lowest BCUT2D eigenvalue weighted by molar-refractivity contribution is 0.551. The Morgan fingerprint density at radius 1 is 1.20 bits per heavy atom. The SMILES string of the molecule is Cc1cc(Cl)nc(NS(=O)(=O)c2ccc(F)cc2F)n1. The Balaban J connectivity index is 2.40. The van der Waals surface area contributed by atoms with Crippen molar-refractivity contribution in [2.45, 2.75) is 11.8 Å². The number of nitrogens with one attached hydrogen (secondary N) is 1. The average molecular weight is 320 g/mol. The normalized spacial score (nSPS) is 11.4. The lowest BCUT2D eigenvalue weighted by atomic mass is 10.3. The first-order valence-electron chi connectivity index (χ1n) is 5.27. The molecule has 20 heavy (non-hydrogen) atoms. The summed E-state index contributed by atoms with van der Waals surface area (Å²) < 4.78 is 52.2. The van der Waals surface area contributed by atoms with Crippen LogP contribution in [0.1, 0.15) is 5.69 Å². The summed E-state index contributed by atoms with van der Waals surface area (Å²) >= 11 is 5.67. The molecule has 106 valence electrons. The molecule has 0 aliphatic rings. The predicted octanol–water partition coefficient (Wildman–Crippen LogP) is 2.52. The van der Waals surface area contributed by atoms with Gasteiger partial charge in [-0.05, 0) is 25.1 Å². The standard InChI is InChI=1S/C11H8ClF2N3O2S/c1-6-4-10(12)16-11(15-6)17-20(18,19)9-3-2-7(13)5-8(9)14/h2-5H,1H3,(H,15,16,17). The molecular formula is C11H8ClF2N3O2S. The number of hydrogen-bond donors (Lipinski definition) is 1. The van der Waals surface area contributed by atoms with E-state index in [1.807, 2.05) is 4.72 Å². The second-order valence-corrected chi connectivity index (χ2v) is 5.87. The van der Waals surface area contributed by atoms with Crippen LogP contribution in [0.15, 0.2) is 29.2 Å². The second kappa shape index (κ2) is 5.29. The van der Waals surface area contributed by atoms with Gasteiger partial charge in [0, 0.05) is 11.8 Å². The van der Waals surface area contributed by atoms with Crippen molar-refractivity contribution >= 4 is 27.6 Å². The summed E-state index contributed by atoms with van der Waals surface area (Å²) in [5.41, 5.74) is 0.433. The van der Waals surface area contributed by atoms with Gasteiger partial charge in [-0.15, -0.1) is 0 Å². The van der Waals surface area contributed by atoms with Crippen LogP contribution < -0.4 is 4.72 Å². The fraction of sp³-hybridized carbons (Fsp3) is 0.0909. The van der Waals surface area contributed by atoms with Gasteiger partial charge in [0.1, 0.15) is 21.7 Å². The molecule has 0 fully saturated rings. The van der Waals surface area contributed by atoms with Crippen molar-refractivity contribution in [3.63, 3.8) is 0 Å². The van der Waals surface area contributed by atoms with Crippen molar-refractivity contribution in [2.24, 2.45) is 0 Å². The van der Waals surface area contributed by atoms with Gasteiger partial charge < -0.3 is 0 Å². The summed E-state index contributed by atoms with van der Waals surface area (Å²) in [6.45, 7) is 1.59. The lowest BCUT2D eigenvalue weighted by Crippen LogP contribution is -2.17. The summed E-state index contributed by atoms with van der Waals surface area (Å²) in [6.07, 6.45) is 0. The van der Waals surface area contributed by atoms with Crippen molar-refractivity contribution in [3.8, 4) is 0 Å². The van der Waals surface area contributed by atoms with Crippen LogP contribution in [0.4, 0.5) is 14.7 Å². The lowest BCUT2D eigenvalue weighted by Gasteiger charge is -2.08. The van der Waals surface area contributed by atoms with Crippen molar-refractivity contribution in [1.82, 2.24) is 9.97 Å². The molecule has 0 bridgehead atoms.